The number of carbonyl (C=O) groups is 1. The van der Waals surface area contributed by atoms with Crippen LogP contribution in [0, 0.1) is 5.92 Å². The summed E-state index contributed by atoms with van der Waals surface area (Å²) in [5, 5.41) is 0. The van der Waals surface area contributed by atoms with Gasteiger partial charge in [-0.2, -0.15) is 0 Å². The molecule has 142 valence electrons. The van der Waals surface area contributed by atoms with Crippen molar-refractivity contribution >= 4 is 5.91 Å². The molecule has 0 spiro atoms. The third-order valence-corrected chi connectivity index (χ3v) is 5.97. The van der Waals surface area contributed by atoms with Crippen molar-refractivity contribution in [2.75, 3.05) is 13.7 Å². The maximum absolute atomic E-state index is 12.9. The fraction of sp³-hybridized carbons (Fsp3) is 0.478. The van der Waals surface area contributed by atoms with Gasteiger partial charge in [0.05, 0.1) is 18.8 Å². The minimum absolute atomic E-state index is 0.156. The van der Waals surface area contributed by atoms with Crippen molar-refractivity contribution in [3.05, 3.63) is 59.4 Å². The second-order valence-electron chi connectivity index (χ2n) is 7.79. The van der Waals surface area contributed by atoms with Crippen molar-refractivity contribution in [1.82, 2.24) is 9.88 Å². The quantitative estimate of drug-likeness (QED) is 0.782. The molecular formula is C23H28N2O2. The first kappa shape index (κ1) is 18.0. The van der Waals surface area contributed by atoms with Gasteiger partial charge in [-0.15, -0.1) is 0 Å². The van der Waals surface area contributed by atoms with Crippen LogP contribution in [-0.2, 0) is 11.2 Å². The molecule has 2 aliphatic rings. The Balaban J connectivity index is 1.45. The van der Waals surface area contributed by atoms with Crippen molar-refractivity contribution in [3.8, 4) is 5.75 Å². The van der Waals surface area contributed by atoms with E-state index in [0.717, 1.165) is 50.1 Å². The number of ether oxygens (including phenoxy) is 1. The second-order valence-corrected chi connectivity index (χ2v) is 7.79. The first-order valence-electron chi connectivity index (χ1n) is 10.1. The van der Waals surface area contributed by atoms with Crippen molar-refractivity contribution in [2.45, 2.75) is 51.0 Å². The molecule has 1 saturated carbocycles. The summed E-state index contributed by atoms with van der Waals surface area (Å²) in [5.41, 5.74) is 3.43. The Hall–Kier alpha value is -2.36. The van der Waals surface area contributed by atoms with Gasteiger partial charge in [0.15, 0.2) is 0 Å². The lowest BCUT2D eigenvalue weighted by Gasteiger charge is -2.27. The summed E-state index contributed by atoms with van der Waals surface area (Å²) in [5.74, 6) is 1.49. The van der Waals surface area contributed by atoms with E-state index in [2.05, 4.69) is 29.2 Å². The molecule has 4 rings (SSSR count). The number of hydrogen-bond acceptors (Lipinski definition) is 3. The monoisotopic (exact) mass is 364 g/mol. The van der Waals surface area contributed by atoms with Crippen LogP contribution in [0.3, 0.4) is 0 Å². The van der Waals surface area contributed by atoms with Gasteiger partial charge in [-0.1, -0.05) is 31.0 Å². The molecule has 2 heterocycles. The lowest BCUT2D eigenvalue weighted by Crippen LogP contribution is -2.35. The third kappa shape index (κ3) is 4.00. The molecule has 1 aromatic heterocycles. The standard InChI is InChI=1S/C23H28N2O2/c1-27-20-9-4-6-17(15-20)14-18-11-12-21(24-16-18)22-10-5-13-25(22)23(26)19-7-2-3-8-19/h4,6,9,11-12,15-16,19,22H,2-3,5,7-8,10,13-14H2,1H3/t22-/m1/s1. The summed E-state index contributed by atoms with van der Waals surface area (Å²) in [6.45, 7) is 0.882. The summed E-state index contributed by atoms with van der Waals surface area (Å²) in [6, 6.07) is 12.6. The zero-order valence-electron chi connectivity index (χ0n) is 16.1. The fourth-order valence-corrected chi connectivity index (χ4v) is 4.50. The number of benzene rings is 1. The number of methoxy groups -OCH3 is 1. The Morgan fingerprint density at radius 2 is 1.96 bits per heavy atom. The number of nitrogens with zero attached hydrogens (tertiary/aromatic N) is 2. The first-order valence-corrected chi connectivity index (χ1v) is 10.1. The minimum atomic E-state index is 0.156. The van der Waals surface area contributed by atoms with Crippen molar-refractivity contribution in [3.63, 3.8) is 0 Å². The van der Waals surface area contributed by atoms with E-state index in [1.54, 1.807) is 7.11 Å². The maximum Gasteiger partial charge on any atom is 0.226 e. The molecule has 0 N–H and O–H groups in total. The Labute approximate surface area is 161 Å². The van der Waals surface area contributed by atoms with Gasteiger partial charge in [0.25, 0.3) is 0 Å². The molecule has 1 saturated heterocycles. The van der Waals surface area contributed by atoms with Crippen molar-refractivity contribution in [1.29, 1.82) is 0 Å². The van der Waals surface area contributed by atoms with E-state index >= 15 is 0 Å². The van der Waals surface area contributed by atoms with Gasteiger partial charge in [0.1, 0.15) is 5.75 Å². The number of rotatable bonds is 5. The highest BCUT2D eigenvalue weighted by atomic mass is 16.5. The molecule has 1 aliphatic carbocycles. The van der Waals surface area contributed by atoms with E-state index < -0.39 is 0 Å². The van der Waals surface area contributed by atoms with Crippen LogP contribution in [0.5, 0.6) is 5.75 Å². The summed E-state index contributed by atoms with van der Waals surface area (Å²) >= 11 is 0. The van der Waals surface area contributed by atoms with Gasteiger partial charge in [-0.05, 0) is 61.4 Å². The lowest BCUT2D eigenvalue weighted by atomic mass is 10.0. The van der Waals surface area contributed by atoms with Crippen LogP contribution in [0.2, 0.25) is 0 Å². The number of carbonyl (C=O) groups excluding carboxylic acids is 1. The Morgan fingerprint density at radius 1 is 1.11 bits per heavy atom. The molecule has 2 aromatic rings. The molecule has 4 nitrogen and oxygen atoms in total. The van der Waals surface area contributed by atoms with Crippen LogP contribution in [0.4, 0.5) is 0 Å². The van der Waals surface area contributed by atoms with E-state index in [1.165, 1.54) is 24.0 Å². The SMILES string of the molecule is COc1cccc(Cc2ccc([C@H]3CCCN3C(=O)C3CCCC3)nc2)c1. The van der Waals surface area contributed by atoms with Crippen LogP contribution in [-0.4, -0.2) is 29.4 Å². The van der Waals surface area contributed by atoms with Crippen molar-refractivity contribution < 1.29 is 9.53 Å². The van der Waals surface area contributed by atoms with Crippen LogP contribution >= 0.6 is 0 Å². The zero-order valence-corrected chi connectivity index (χ0v) is 16.1. The van der Waals surface area contributed by atoms with Gasteiger partial charge in [-0.3, -0.25) is 9.78 Å². The molecule has 0 bridgehead atoms. The lowest BCUT2D eigenvalue weighted by molar-refractivity contribution is -0.136. The number of hydrogen-bond donors (Lipinski definition) is 0. The molecule has 2 fully saturated rings. The van der Waals surface area contributed by atoms with E-state index in [-0.39, 0.29) is 12.0 Å². The average molecular weight is 364 g/mol. The molecule has 27 heavy (non-hydrogen) atoms. The fourth-order valence-electron chi connectivity index (χ4n) is 4.50. The molecule has 1 aliphatic heterocycles. The van der Waals surface area contributed by atoms with E-state index in [9.17, 15) is 4.79 Å². The number of aromatic nitrogens is 1. The smallest absolute Gasteiger partial charge is 0.226 e. The predicted octanol–water partition coefficient (Wildman–Crippen LogP) is 4.53. The molecule has 0 radical (unpaired) electrons. The first-order chi connectivity index (χ1) is 13.2. The Bertz CT molecular complexity index is 781. The van der Waals surface area contributed by atoms with Crippen LogP contribution in [0.15, 0.2) is 42.6 Å². The highest BCUT2D eigenvalue weighted by Crippen LogP contribution is 2.35. The third-order valence-electron chi connectivity index (χ3n) is 5.97. The highest BCUT2D eigenvalue weighted by Gasteiger charge is 2.35. The largest absolute Gasteiger partial charge is 0.497 e. The van der Waals surface area contributed by atoms with E-state index in [4.69, 9.17) is 9.72 Å². The average Bonchev–Trinajstić information content (AvgIpc) is 3.40. The number of pyridine rings is 1. The van der Waals surface area contributed by atoms with Crippen molar-refractivity contribution in [2.24, 2.45) is 5.92 Å². The summed E-state index contributed by atoms with van der Waals surface area (Å²) in [7, 11) is 1.69. The zero-order chi connectivity index (χ0) is 18.6. The maximum atomic E-state index is 12.9. The van der Waals surface area contributed by atoms with Gasteiger partial charge in [0.2, 0.25) is 5.91 Å². The minimum Gasteiger partial charge on any atom is -0.497 e. The van der Waals surface area contributed by atoms with Gasteiger partial charge >= 0.3 is 0 Å². The van der Waals surface area contributed by atoms with Crippen LogP contribution in [0.25, 0.3) is 0 Å². The second kappa shape index (κ2) is 8.12. The van der Waals surface area contributed by atoms with Crippen LogP contribution < -0.4 is 4.74 Å². The summed E-state index contributed by atoms with van der Waals surface area (Å²) in [6.07, 6.45) is 9.43. The topological polar surface area (TPSA) is 42.4 Å². The molecule has 1 atom stereocenters. The van der Waals surface area contributed by atoms with Crippen LogP contribution in [0.1, 0.15) is 61.4 Å². The highest BCUT2D eigenvalue weighted by molar-refractivity contribution is 5.79. The van der Waals surface area contributed by atoms with Gasteiger partial charge < -0.3 is 9.64 Å². The van der Waals surface area contributed by atoms with Gasteiger partial charge in [-0.25, -0.2) is 0 Å². The molecule has 0 unspecified atom stereocenters. The summed E-state index contributed by atoms with van der Waals surface area (Å²) in [4.78, 5) is 19.7. The molecule has 1 aromatic carbocycles. The molecular weight excluding hydrogens is 336 g/mol. The van der Waals surface area contributed by atoms with E-state index in [0.29, 0.717) is 5.91 Å². The Morgan fingerprint density at radius 3 is 2.70 bits per heavy atom. The Kier molecular flexibility index (Phi) is 5.42. The molecule has 1 amide bonds. The van der Waals surface area contributed by atoms with Gasteiger partial charge in [0, 0.05) is 18.7 Å². The predicted molar refractivity (Wildman–Crippen MR) is 106 cm³/mol. The number of amides is 1. The molecule has 4 heteroatoms. The number of likely N-dealkylation sites (tertiary alicyclic amines) is 1. The van der Waals surface area contributed by atoms with E-state index in [1.807, 2.05) is 18.3 Å². The normalized spacial score (nSPS) is 20.2. The summed E-state index contributed by atoms with van der Waals surface area (Å²) < 4.78 is 5.30.